The molecule has 166 valence electrons. The van der Waals surface area contributed by atoms with Gasteiger partial charge >= 0.3 is 0 Å². The minimum absolute atomic E-state index is 0. The van der Waals surface area contributed by atoms with Crippen LogP contribution < -0.4 is 15.4 Å². The number of ether oxygens (including phenoxy) is 2. The van der Waals surface area contributed by atoms with Crippen LogP contribution in [-0.2, 0) is 21.1 Å². The third kappa shape index (κ3) is 9.52. The van der Waals surface area contributed by atoms with Gasteiger partial charge in [0.05, 0.1) is 12.4 Å². The second-order valence-corrected chi connectivity index (χ2v) is 9.65. The number of hydrogen-bond acceptors (Lipinski definition) is 5. The van der Waals surface area contributed by atoms with Gasteiger partial charge in [-0.15, -0.1) is 24.0 Å². The van der Waals surface area contributed by atoms with Crippen molar-refractivity contribution in [2.24, 2.45) is 10.4 Å². The highest BCUT2D eigenvalue weighted by molar-refractivity contribution is 14.0. The molecule has 0 atom stereocenters. The maximum absolute atomic E-state index is 11.6. The summed E-state index contributed by atoms with van der Waals surface area (Å²) in [6, 6.07) is 6.11. The fourth-order valence-electron chi connectivity index (χ4n) is 3.07. The van der Waals surface area contributed by atoms with E-state index >= 15 is 0 Å². The molecule has 1 aliphatic carbocycles. The molecule has 0 aromatic heterocycles. The molecule has 7 nitrogen and oxygen atoms in total. The van der Waals surface area contributed by atoms with Crippen molar-refractivity contribution in [1.29, 1.82) is 0 Å². The van der Waals surface area contributed by atoms with Crippen LogP contribution in [0.2, 0.25) is 0 Å². The van der Waals surface area contributed by atoms with E-state index in [1.165, 1.54) is 6.26 Å². The van der Waals surface area contributed by atoms with Crippen LogP contribution in [-0.4, -0.2) is 59.8 Å². The molecule has 0 aliphatic heterocycles. The number of nitrogens with one attached hydrogen (secondary N) is 2. The molecule has 2 N–H and O–H groups in total. The van der Waals surface area contributed by atoms with Crippen LogP contribution in [0, 0.1) is 12.3 Å². The van der Waals surface area contributed by atoms with Gasteiger partial charge in [0.2, 0.25) is 0 Å². The number of benzene rings is 1. The van der Waals surface area contributed by atoms with E-state index in [0.717, 1.165) is 29.7 Å². The first-order valence-electron chi connectivity index (χ1n) is 9.69. The van der Waals surface area contributed by atoms with Gasteiger partial charge in [0.15, 0.2) is 5.96 Å². The predicted octanol–water partition coefficient (Wildman–Crippen LogP) is 2.52. The molecular formula is C20H34IN3O4S. The molecule has 29 heavy (non-hydrogen) atoms. The Bertz CT molecular complexity index is 780. The standard InChI is InChI=1S/C20H33N3O4S.HI/c1-5-26-10-11-27-18-12-16(2)6-7-17(18)13-22-19(21-3)23-14-20(8-9-20)15-28(4,24)25;/h6-7,12H,5,8-11,13-15H2,1-4H3,(H2,21,22,23);1H. The highest BCUT2D eigenvalue weighted by atomic mass is 127. The van der Waals surface area contributed by atoms with Gasteiger partial charge in [-0.05, 0) is 38.3 Å². The molecule has 0 heterocycles. The van der Waals surface area contributed by atoms with E-state index in [4.69, 9.17) is 9.47 Å². The molecule has 0 radical (unpaired) electrons. The lowest BCUT2D eigenvalue weighted by atomic mass is 10.1. The Labute approximate surface area is 192 Å². The summed E-state index contributed by atoms with van der Waals surface area (Å²) in [5.74, 6) is 1.71. The largest absolute Gasteiger partial charge is 0.491 e. The minimum atomic E-state index is -2.98. The zero-order valence-corrected chi connectivity index (χ0v) is 20.9. The van der Waals surface area contributed by atoms with Crippen molar-refractivity contribution < 1.29 is 17.9 Å². The Kier molecular flexibility index (Phi) is 10.7. The van der Waals surface area contributed by atoms with Crippen LogP contribution in [0.1, 0.15) is 30.9 Å². The summed E-state index contributed by atoms with van der Waals surface area (Å²) in [6.07, 6.45) is 3.16. The molecule has 0 bridgehead atoms. The first-order valence-corrected chi connectivity index (χ1v) is 11.8. The zero-order valence-electron chi connectivity index (χ0n) is 17.8. The highest BCUT2D eigenvalue weighted by Gasteiger charge is 2.45. The van der Waals surface area contributed by atoms with E-state index in [1.807, 2.05) is 32.0 Å². The minimum Gasteiger partial charge on any atom is -0.491 e. The van der Waals surface area contributed by atoms with Crippen molar-refractivity contribution in [3.05, 3.63) is 29.3 Å². The third-order valence-electron chi connectivity index (χ3n) is 4.74. The number of rotatable bonds is 11. The van der Waals surface area contributed by atoms with E-state index in [0.29, 0.717) is 38.9 Å². The van der Waals surface area contributed by atoms with Gasteiger partial charge in [-0.2, -0.15) is 0 Å². The van der Waals surface area contributed by atoms with Crippen LogP contribution in [0.15, 0.2) is 23.2 Å². The summed E-state index contributed by atoms with van der Waals surface area (Å²) < 4.78 is 34.4. The summed E-state index contributed by atoms with van der Waals surface area (Å²) in [5.41, 5.74) is 2.01. The average Bonchev–Trinajstić information content (AvgIpc) is 3.38. The lowest BCUT2D eigenvalue weighted by Crippen LogP contribution is -2.41. The van der Waals surface area contributed by atoms with E-state index < -0.39 is 9.84 Å². The second kappa shape index (κ2) is 11.9. The Morgan fingerprint density at radius 2 is 1.97 bits per heavy atom. The fourth-order valence-corrected chi connectivity index (χ4v) is 4.58. The molecule has 1 saturated carbocycles. The average molecular weight is 539 g/mol. The lowest BCUT2D eigenvalue weighted by Gasteiger charge is -2.19. The van der Waals surface area contributed by atoms with Gasteiger partial charge in [0, 0.05) is 44.0 Å². The Morgan fingerprint density at radius 1 is 1.24 bits per heavy atom. The molecule has 1 aromatic rings. The van der Waals surface area contributed by atoms with Gasteiger partial charge in [-0.25, -0.2) is 8.42 Å². The van der Waals surface area contributed by atoms with Gasteiger partial charge in [-0.1, -0.05) is 12.1 Å². The normalized spacial score (nSPS) is 15.4. The molecule has 0 spiro atoms. The first kappa shape index (κ1) is 26.0. The van der Waals surface area contributed by atoms with Crippen molar-refractivity contribution in [2.75, 3.05) is 45.4 Å². The molecule has 9 heteroatoms. The molecule has 0 saturated heterocycles. The Hall–Kier alpha value is -1.07. The van der Waals surface area contributed by atoms with Crippen LogP contribution in [0.25, 0.3) is 0 Å². The van der Waals surface area contributed by atoms with Crippen LogP contribution in [0.3, 0.4) is 0 Å². The molecule has 0 unspecified atom stereocenters. The number of nitrogens with zero attached hydrogens (tertiary/aromatic N) is 1. The lowest BCUT2D eigenvalue weighted by molar-refractivity contribution is 0.110. The van der Waals surface area contributed by atoms with Crippen LogP contribution in [0.4, 0.5) is 0 Å². The van der Waals surface area contributed by atoms with E-state index in [-0.39, 0.29) is 35.1 Å². The summed E-state index contributed by atoms with van der Waals surface area (Å²) in [6.45, 7) is 6.89. The number of halogens is 1. The number of aliphatic imine (C=N–C) groups is 1. The third-order valence-corrected chi connectivity index (χ3v) is 5.87. The smallest absolute Gasteiger partial charge is 0.191 e. The van der Waals surface area contributed by atoms with Crippen molar-refractivity contribution in [1.82, 2.24) is 10.6 Å². The molecule has 1 fully saturated rings. The monoisotopic (exact) mass is 539 g/mol. The van der Waals surface area contributed by atoms with Crippen LogP contribution in [0.5, 0.6) is 5.75 Å². The number of aryl methyl sites for hydroxylation is 1. The van der Waals surface area contributed by atoms with Gasteiger partial charge in [0.25, 0.3) is 0 Å². The molecular weight excluding hydrogens is 505 g/mol. The maximum atomic E-state index is 11.6. The van der Waals surface area contributed by atoms with Crippen molar-refractivity contribution in [2.45, 2.75) is 33.2 Å². The van der Waals surface area contributed by atoms with Crippen molar-refractivity contribution in [3.63, 3.8) is 0 Å². The first-order chi connectivity index (χ1) is 13.3. The predicted molar refractivity (Wildman–Crippen MR) is 128 cm³/mol. The Balaban J connectivity index is 0.00000420. The highest BCUT2D eigenvalue weighted by Crippen LogP contribution is 2.45. The van der Waals surface area contributed by atoms with Crippen LogP contribution >= 0.6 is 24.0 Å². The molecule has 1 aliphatic rings. The number of guanidine groups is 1. The second-order valence-electron chi connectivity index (χ2n) is 7.51. The summed E-state index contributed by atoms with van der Waals surface area (Å²) in [5, 5.41) is 6.56. The molecule has 0 amide bonds. The summed E-state index contributed by atoms with van der Waals surface area (Å²) >= 11 is 0. The van der Waals surface area contributed by atoms with E-state index in [1.54, 1.807) is 7.05 Å². The van der Waals surface area contributed by atoms with Gasteiger partial charge in [0.1, 0.15) is 22.2 Å². The van der Waals surface area contributed by atoms with Gasteiger partial charge < -0.3 is 20.1 Å². The SMILES string of the molecule is CCOCCOc1cc(C)ccc1CNC(=NC)NCC1(CS(C)(=O)=O)CC1.I. The molecule has 2 rings (SSSR count). The maximum Gasteiger partial charge on any atom is 0.191 e. The van der Waals surface area contributed by atoms with Crippen molar-refractivity contribution >= 4 is 39.8 Å². The fraction of sp³-hybridized carbons (Fsp3) is 0.650. The van der Waals surface area contributed by atoms with Gasteiger partial charge in [-0.3, -0.25) is 4.99 Å². The topological polar surface area (TPSA) is 89.0 Å². The summed E-state index contributed by atoms with van der Waals surface area (Å²) in [7, 11) is -1.27. The molecule has 1 aromatic carbocycles. The van der Waals surface area contributed by atoms with E-state index in [2.05, 4.69) is 15.6 Å². The Morgan fingerprint density at radius 3 is 2.55 bits per heavy atom. The van der Waals surface area contributed by atoms with Crippen molar-refractivity contribution in [3.8, 4) is 5.75 Å². The zero-order chi connectivity index (χ0) is 20.6. The number of sulfone groups is 1. The number of hydrogen-bond donors (Lipinski definition) is 2. The summed E-state index contributed by atoms with van der Waals surface area (Å²) in [4.78, 5) is 4.25. The van der Waals surface area contributed by atoms with E-state index in [9.17, 15) is 8.42 Å². The quantitative estimate of drug-likeness (QED) is 0.195.